The number of ether oxygens (including phenoxy) is 4. The standard InChI is InChI=1S/C17H22O7/c1-9(2)4-14(20)24-16-15-12(5-13(19)17(15)8-23-17)11(7-22-16)6-21-10(3)18/h5,7,9,13,15-16,19H,4,6,8H2,1-3H3/t13-,15+,16-,17+/m0/s1. The average Bonchev–Trinajstić information content (AvgIpc) is 3.20. The second-order valence-corrected chi connectivity index (χ2v) is 6.80. The van der Waals surface area contributed by atoms with Gasteiger partial charge < -0.3 is 24.1 Å². The van der Waals surface area contributed by atoms with E-state index in [-0.39, 0.29) is 24.9 Å². The molecule has 0 unspecified atom stereocenters. The van der Waals surface area contributed by atoms with Crippen LogP contribution in [-0.4, -0.2) is 48.3 Å². The van der Waals surface area contributed by atoms with Crippen LogP contribution in [0.5, 0.6) is 0 Å². The number of aliphatic hydroxyl groups is 1. The van der Waals surface area contributed by atoms with Crippen LogP contribution in [0.3, 0.4) is 0 Å². The molecule has 1 N–H and O–H groups in total. The molecule has 24 heavy (non-hydrogen) atoms. The van der Waals surface area contributed by atoms with Gasteiger partial charge in [0, 0.05) is 18.9 Å². The molecule has 132 valence electrons. The van der Waals surface area contributed by atoms with Crippen molar-refractivity contribution >= 4 is 11.9 Å². The van der Waals surface area contributed by atoms with Crippen molar-refractivity contribution in [3.05, 3.63) is 23.5 Å². The second-order valence-electron chi connectivity index (χ2n) is 6.80. The fourth-order valence-electron chi connectivity index (χ4n) is 3.18. The Kier molecular flexibility index (Phi) is 4.40. The van der Waals surface area contributed by atoms with Crippen LogP contribution in [0.15, 0.2) is 23.5 Å². The molecule has 7 nitrogen and oxygen atoms in total. The number of carbonyl (C=O) groups is 2. The lowest BCUT2D eigenvalue weighted by molar-refractivity contribution is -0.184. The molecule has 0 bridgehead atoms. The van der Waals surface area contributed by atoms with E-state index in [1.54, 1.807) is 6.08 Å². The van der Waals surface area contributed by atoms with Crippen molar-refractivity contribution in [1.82, 2.24) is 0 Å². The summed E-state index contributed by atoms with van der Waals surface area (Å²) >= 11 is 0. The van der Waals surface area contributed by atoms with Crippen LogP contribution >= 0.6 is 0 Å². The predicted octanol–water partition coefficient (Wildman–Crippen LogP) is 1.07. The molecule has 7 heteroatoms. The van der Waals surface area contributed by atoms with E-state index in [4.69, 9.17) is 18.9 Å². The van der Waals surface area contributed by atoms with Gasteiger partial charge in [-0.15, -0.1) is 0 Å². The van der Waals surface area contributed by atoms with Gasteiger partial charge in [0.05, 0.1) is 18.8 Å². The lowest BCUT2D eigenvalue weighted by Gasteiger charge is -2.33. The molecule has 3 aliphatic rings. The largest absolute Gasteiger partial charge is 0.461 e. The Morgan fingerprint density at radius 3 is 2.75 bits per heavy atom. The van der Waals surface area contributed by atoms with Crippen molar-refractivity contribution < 1.29 is 33.6 Å². The molecule has 2 aliphatic heterocycles. The molecule has 1 spiro atoms. The zero-order chi connectivity index (χ0) is 17.5. The molecule has 0 aromatic carbocycles. The summed E-state index contributed by atoms with van der Waals surface area (Å²) in [6.07, 6.45) is 1.70. The molecular weight excluding hydrogens is 316 g/mol. The van der Waals surface area contributed by atoms with Crippen molar-refractivity contribution in [2.24, 2.45) is 11.8 Å². The molecule has 0 aromatic heterocycles. The lowest BCUT2D eigenvalue weighted by Crippen LogP contribution is -2.43. The first kappa shape index (κ1) is 17.0. The Bertz CT molecular complexity index is 600. The van der Waals surface area contributed by atoms with Gasteiger partial charge in [0.15, 0.2) is 0 Å². The molecule has 0 saturated carbocycles. The molecule has 2 heterocycles. The Morgan fingerprint density at radius 2 is 2.17 bits per heavy atom. The number of esters is 2. The summed E-state index contributed by atoms with van der Waals surface area (Å²) in [6, 6.07) is 0. The first-order chi connectivity index (χ1) is 11.3. The quantitative estimate of drug-likeness (QED) is 0.592. The summed E-state index contributed by atoms with van der Waals surface area (Å²) < 4.78 is 21.6. The summed E-state index contributed by atoms with van der Waals surface area (Å²) in [5.74, 6) is -1.02. The number of epoxide rings is 1. The molecule has 1 saturated heterocycles. The molecule has 1 aliphatic carbocycles. The van der Waals surface area contributed by atoms with Crippen molar-refractivity contribution in [3.8, 4) is 0 Å². The fourth-order valence-corrected chi connectivity index (χ4v) is 3.18. The monoisotopic (exact) mass is 338 g/mol. The number of hydrogen-bond donors (Lipinski definition) is 1. The van der Waals surface area contributed by atoms with Gasteiger partial charge in [0.1, 0.15) is 18.3 Å². The SMILES string of the molecule is CC(=O)OCC1=CO[C@@H](OC(=O)CC(C)C)[C@H]2C1=C[C@H](O)[C@]21CO1. The van der Waals surface area contributed by atoms with Crippen LogP contribution in [-0.2, 0) is 28.5 Å². The molecule has 1 fully saturated rings. The minimum absolute atomic E-state index is 0.0348. The topological polar surface area (TPSA) is 94.6 Å². The zero-order valence-corrected chi connectivity index (χ0v) is 14.0. The van der Waals surface area contributed by atoms with Crippen LogP contribution in [0.4, 0.5) is 0 Å². The van der Waals surface area contributed by atoms with Crippen LogP contribution in [0.2, 0.25) is 0 Å². The Morgan fingerprint density at radius 1 is 1.46 bits per heavy atom. The summed E-state index contributed by atoms with van der Waals surface area (Å²) in [4.78, 5) is 23.0. The first-order valence-corrected chi connectivity index (χ1v) is 8.05. The molecule has 4 atom stereocenters. The second kappa shape index (κ2) is 6.22. The Hall–Kier alpha value is -1.86. The van der Waals surface area contributed by atoms with Crippen molar-refractivity contribution in [3.63, 3.8) is 0 Å². The molecule has 0 aromatic rings. The minimum Gasteiger partial charge on any atom is -0.461 e. The third-order valence-corrected chi connectivity index (χ3v) is 4.42. The molecule has 3 rings (SSSR count). The van der Waals surface area contributed by atoms with Crippen LogP contribution in [0, 0.1) is 11.8 Å². The van der Waals surface area contributed by atoms with E-state index in [2.05, 4.69) is 0 Å². The predicted molar refractivity (Wildman–Crippen MR) is 81.4 cm³/mol. The maximum Gasteiger partial charge on any atom is 0.309 e. The van der Waals surface area contributed by atoms with Crippen LogP contribution < -0.4 is 0 Å². The summed E-state index contributed by atoms with van der Waals surface area (Å²) in [6.45, 7) is 5.57. The first-order valence-electron chi connectivity index (χ1n) is 8.05. The van der Waals surface area contributed by atoms with E-state index < -0.39 is 29.9 Å². The van der Waals surface area contributed by atoms with Gasteiger partial charge >= 0.3 is 11.9 Å². The number of hydrogen-bond acceptors (Lipinski definition) is 7. The number of fused-ring (bicyclic) bond motifs is 2. The summed E-state index contributed by atoms with van der Waals surface area (Å²) in [7, 11) is 0. The fraction of sp³-hybridized carbons (Fsp3) is 0.647. The van der Waals surface area contributed by atoms with Gasteiger partial charge in [0.2, 0.25) is 0 Å². The maximum atomic E-state index is 12.0. The van der Waals surface area contributed by atoms with Crippen molar-refractivity contribution in [1.29, 1.82) is 0 Å². The highest BCUT2D eigenvalue weighted by Crippen LogP contribution is 2.53. The molecular formula is C17H22O7. The van der Waals surface area contributed by atoms with E-state index in [0.717, 1.165) is 5.57 Å². The van der Waals surface area contributed by atoms with Crippen LogP contribution in [0.25, 0.3) is 0 Å². The van der Waals surface area contributed by atoms with E-state index in [0.29, 0.717) is 12.2 Å². The zero-order valence-electron chi connectivity index (χ0n) is 14.0. The maximum absolute atomic E-state index is 12.0. The third-order valence-electron chi connectivity index (χ3n) is 4.42. The molecule has 0 radical (unpaired) electrons. The average molecular weight is 338 g/mol. The smallest absolute Gasteiger partial charge is 0.309 e. The lowest BCUT2D eigenvalue weighted by atomic mass is 9.85. The van der Waals surface area contributed by atoms with E-state index in [1.807, 2.05) is 13.8 Å². The highest BCUT2D eigenvalue weighted by atomic mass is 16.7. The number of carbonyl (C=O) groups excluding carboxylic acids is 2. The van der Waals surface area contributed by atoms with Gasteiger partial charge in [0.25, 0.3) is 6.29 Å². The van der Waals surface area contributed by atoms with Gasteiger partial charge in [-0.3, -0.25) is 9.59 Å². The summed E-state index contributed by atoms with van der Waals surface area (Å²) in [5.41, 5.74) is 0.570. The highest BCUT2D eigenvalue weighted by Gasteiger charge is 2.66. The number of rotatable bonds is 5. The minimum atomic E-state index is -0.858. The van der Waals surface area contributed by atoms with E-state index in [9.17, 15) is 14.7 Å². The van der Waals surface area contributed by atoms with Crippen LogP contribution in [0.1, 0.15) is 27.2 Å². The van der Waals surface area contributed by atoms with E-state index >= 15 is 0 Å². The van der Waals surface area contributed by atoms with Crippen molar-refractivity contribution in [2.45, 2.75) is 45.2 Å². The normalized spacial score (nSPS) is 33.5. The third kappa shape index (κ3) is 3.06. The Balaban J connectivity index is 1.79. The van der Waals surface area contributed by atoms with Gasteiger partial charge in [-0.1, -0.05) is 13.8 Å². The van der Waals surface area contributed by atoms with Gasteiger partial charge in [-0.05, 0) is 17.6 Å². The summed E-state index contributed by atoms with van der Waals surface area (Å²) in [5, 5.41) is 10.3. The molecule has 0 amide bonds. The number of aliphatic hydroxyl groups excluding tert-OH is 1. The van der Waals surface area contributed by atoms with Crippen molar-refractivity contribution in [2.75, 3.05) is 13.2 Å². The van der Waals surface area contributed by atoms with E-state index in [1.165, 1.54) is 13.2 Å². The Labute approximate surface area is 140 Å². The van der Waals surface area contributed by atoms with Gasteiger partial charge in [-0.2, -0.15) is 0 Å². The highest BCUT2D eigenvalue weighted by molar-refractivity contribution is 5.70. The van der Waals surface area contributed by atoms with Gasteiger partial charge in [-0.25, -0.2) is 0 Å².